The van der Waals surface area contributed by atoms with E-state index >= 15 is 0 Å². The van der Waals surface area contributed by atoms with Crippen LogP contribution in [0.1, 0.15) is 58.3 Å². The second-order valence-corrected chi connectivity index (χ2v) is 3.94. The highest BCUT2D eigenvalue weighted by Crippen LogP contribution is 2.09. The Morgan fingerprint density at radius 3 is 1.83 bits per heavy atom. The number of unbranched alkanes of at least 4 members (excludes halogenated alkanes) is 7. The van der Waals surface area contributed by atoms with Gasteiger partial charge in [0.25, 0.3) is 0 Å². The van der Waals surface area contributed by atoms with Crippen molar-refractivity contribution in [2.45, 2.75) is 58.3 Å². The Hall–Kier alpha value is 0.310. The maximum absolute atomic E-state index is 10.0. The van der Waals surface area contributed by atoms with Crippen LogP contribution in [-0.2, 0) is 4.55 Å². The van der Waals surface area contributed by atoms with E-state index in [1.165, 1.54) is 44.9 Å². The molecule has 2 heteroatoms. The van der Waals surface area contributed by atoms with Crippen molar-refractivity contribution >= 4 is 12.0 Å². The van der Waals surface area contributed by atoms with Gasteiger partial charge in [-0.05, 0) is 6.42 Å². The molecule has 1 radical (unpaired) electrons. The van der Waals surface area contributed by atoms with Gasteiger partial charge in [0.2, 0.25) is 0 Å². The number of rotatable bonds is 9. The lowest BCUT2D eigenvalue weighted by Gasteiger charge is -1.99. The molecular formula is C10H21OS. The number of hydrogen-bond donors (Lipinski definition) is 0. The largest absolute Gasteiger partial charge is 0.151 e. The van der Waals surface area contributed by atoms with E-state index < -0.39 is 0 Å². The zero-order valence-electron chi connectivity index (χ0n) is 8.18. The summed E-state index contributed by atoms with van der Waals surface area (Å²) in [6.45, 7) is 2.24. The molecule has 0 saturated heterocycles. The predicted octanol–water partition coefficient (Wildman–Crippen LogP) is 4.21. The molecule has 0 heterocycles. The molecule has 0 atom stereocenters. The molecule has 0 N–H and O–H groups in total. The van der Waals surface area contributed by atoms with Crippen LogP contribution in [0.3, 0.4) is 0 Å². The van der Waals surface area contributed by atoms with Crippen molar-refractivity contribution in [1.29, 1.82) is 0 Å². The van der Waals surface area contributed by atoms with Crippen molar-refractivity contribution in [3.8, 4) is 0 Å². The first-order valence-electron chi connectivity index (χ1n) is 5.16. The van der Waals surface area contributed by atoms with Gasteiger partial charge < -0.3 is 0 Å². The smallest absolute Gasteiger partial charge is 0.0326 e. The second-order valence-electron chi connectivity index (χ2n) is 3.30. The Morgan fingerprint density at radius 2 is 1.33 bits per heavy atom. The van der Waals surface area contributed by atoms with Crippen molar-refractivity contribution < 1.29 is 4.55 Å². The summed E-state index contributed by atoms with van der Waals surface area (Å²) in [5, 5.41) is 0. The minimum Gasteiger partial charge on any atom is -0.151 e. The fraction of sp³-hybridized carbons (Fsp3) is 1.00. The van der Waals surface area contributed by atoms with Crippen LogP contribution in [0.15, 0.2) is 0 Å². The van der Waals surface area contributed by atoms with Crippen LogP contribution in [0.4, 0.5) is 0 Å². The van der Waals surface area contributed by atoms with Gasteiger partial charge in [-0.2, -0.15) is 4.55 Å². The van der Waals surface area contributed by atoms with Gasteiger partial charge in [-0.25, -0.2) is 0 Å². The van der Waals surface area contributed by atoms with Crippen molar-refractivity contribution in [2.75, 3.05) is 5.75 Å². The van der Waals surface area contributed by atoms with Crippen LogP contribution >= 0.6 is 12.0 Å². The highest BCUT2D eigenvalue weighted by Gasteiger charge is 1.91. The maximum atomic E-state index is 10.0. The van der Waals surface area contributed by atoms with Gasteiger partial charge in [-0.1, -0.05) is 51.9 Å². The van der Waals surface area contributed by atoms with E-state index in [0.717, 1.165) is 24.2 Å². The van der Waals surface area contributed by atoms with Crippen molar-refractivity contribution in [1.82, 2.24) is 0 Å². The van der Waals surface area contributed by atoms with Crippen LogP contribution in [0.25, 0.3) is 0 Å². The Labute approximate surface area is 81.2 Å². The fourth-order valence-electron chi connectivity index (χ4n) is 1.29. The lowest BCUT2D eigenvalue weighted by Crippen LogP contribution is -1.81. The summed E-state index contributed by atoms with van der Waals surface area (Å²) in [6.07, 6.45) is 10.5. The molecule has 0 bridgehead atoms. The van der Waals surface area contributed by atoms with Gasteiger partial charge in [-0.3, -0.25) is 0 Å². The molecule has 1 nitrogen and oxygen atoms in total. The second kappa shape index (κ2) is 11.3. The van der Waals surface area contributed by atoms with E-state index in [2.05, 4.69) is 6.92 Å². The van der Waals surface area contributed by atoms with E-state index in [-0.39, 0.29) is 0 Å². The molecule has 0 saturated carbocycles. The minimum absolute atomic E-state index is 0.724. The predicted molar refractivity (Wildman–Crippen MR) is 55.8 cm³/mol. The molecule has 0 aliphatic carbocycles. The van der Waals surface area contributed by atoms with E-state index in [9.17, 15) is 4.55 Å². The zero-order valence-corrected chi connectivity index (χ0v) is 9.00. The van der Waals surface area contributed by atoms with E-state index in [4.69, 9.17) is 0 Å². The molecule has 0 unspecified atom stereocenters. The first-order valence-corrected chi connectivity index (χ1v) is 6.07. The molecule has 73 valence electrons. The zero-order chi connectivity index (χ0) is 9.07. The first-order chi connectivity index (χ1) is 5.91. The Balaban J connectivity index is 2.73. The maximum Gasteiger partial charge on any atom is 0.0326 e. The minimum atomic E-state index is 0.724. The molecular weight excluding hydrogens is 168 g/mol. The molecule has 0 aliphatic heterocycles. The normalized spacial score (nSPS) is 10.5. The van der Waals surface area contributed by atoms with E-state index in [1.54, 1.807) is 0 Å². The average molecular weight is 189 g/mol. The monoisotopic (exact) mass is 189 g/mol. The Bertz CT molecular complexity index is 66.2. The van der Waals surface area contributed by atoms with Crippen molar-refractivity contribution in [3.63, 3.8) is 0 Å². The summed E-state index contributed by atoms with van der Waals surface area (Å²) in [7, 11) is 0. The van der Waals surface area contributed by atoms with Crippen molar-refractivity contribution in [2.24, 2.45) is 0 Å². The Morgan fingerprint density at radius 1 is 0.833 bits per heavy atom. The van der Waals surface area contributed by atoms with Crippen LogP contribution in [-0.4, -0.2) is 5.75 Å². The molecule has 12 heavy (non-hydrogen) atoms. The van der Waals surface area contributed by atoms with Gasteiger partial charge in [0.15, 0.2) is 0 Å². The van der Waals surface area contributed by atoms with Crippen molar-refractivity contribution in [3.05, 3.63) is 0 Å². The lowest BCUT2D eigenvalue weighted by atomic mass is 10.1. The summed E-state index contributed by atoms with van der Waals surface area (Å²) in [4.78, 5) is 0. The van der Waals surface area contributed by atoms with Gasteiger partial charge in [0, 0.05) is 17.8 Å². The summed E-state index contributed by atoms with van der Waals surface area (Å²) in [6, 6.07) is 0. The fourth-order valence-corrected chi connectivity index (χ4v) is 1.62. The van der Waals surface area contributed by atoms with E-state index in [1.807, 2.05) is 0 Å². The van der Waals surface area contributed by atoms with Crippen LogP contribution < -0.4 is 0 Å². The highest BCUT2D eigenvalue weighted by atomic mass is 32.2. The summed E-state index contributed by atoms with van der Waals surface area (Å²) in [5.41, 5.74) is 0. The van der Waals surface area contributed by atoms with Gasteiger partial charge in [-0.15, -0.1) is 0 Å². The average Bonchev–Trinajstić information content (AvgIpc) is 2.10. The first kappa shape index (κ1) is 12.3. The van der Waals surface area contributed by atoms with Crippen LogP contribution in [0, 0.1) is 0 Å². The quantitative estimate of drug-likeness (QED) is 0.393. The Kier molecular flexibility index (Phi) is 11.6. The van der Waals surface area contributed by atoms with E-state index in [0.29, 0.717) is 0 Å². The SMILES string of the molecule is CCCCCCCCCCS[O]. The standard InChI is InChI=1S/C10H21OS/c1-2-3-4-5-6-7-8-9-10-12-11/h2-10H2,1H3. The molecule has 0 aromatic rings. The summed E-state index contributed by atoms with van der Waals surface area (Å²) in [5.74, 6) is 0.801. The number of hydrogen-bond acceptors (Lipinski definition) is 1. The van der Waals surface area contributed by atoms with Gasteiger partial charge >= 0.3 is 0 Å². The summed E-state index contributed by atoms with van der Waals surface area (Å²) >= 11 is 0.724. The topological polar surface area (TPSA) is 19.9 Å². The molecule has 0 aromatic heterocycles. The lowest BCUT2D eigenvalue weighted by molar-refractivity contribution is 0.527. The molecule has 0 aromatic carbocycles. The third-order valence-electron chi connectivity index (χ3n) is 2.08. The van der Waals surface area contributed by atoms with Crippen LogP contribution in [0.5, 0.6) is 0 Å². The molecule has 0 amide bonds. The van der Waals surface area contributed by atoms with Gasteiger partial charge in [0.05, 0.1) is 0 Å². The van der Waals surface area contributed by atoms with Crippen LogP contribution in [0.2, 0.25) is 0 Å². The highest BCUT2D eigenvalue weighted by molar-refractivity contribution is 7.93. The van der Waals surface area contributed by atoms with Gasteiger partial charge in [0.1, 0.15) is 0 Å². The summed E-state index contributed by atoms with van der Waals surface area (Å²) < 4.78 is 10.0. The molecule has 0 aliphatic rings. The molecule has 0 rings (SSSR count). The molecule has 0 fully saturated rings. The molecule has 0 spiro atoms. The third-order valence-corrected chi connectivity index (χ3v) is 2.54. The third kappa shape index (κ3) is 10.3.